The fraction of sp³-hybridized carbons (Fsp3) is 0.529. The summed E-state index contributed by atoms with van der Waals surface area (Å²) in [6.45, 7) is 4.07. The van der Waals surface area contributed by atoms with E-state index in [1.165, 1.54) is 0 Å². The summed E-state index contributed by atoms with van der Waals surface area (Å²) in [5.74, 6) is 1.63. The molecule has 1 saturated heterocycles. The molecule has 0 aromatic heterocycles. The molecule has 0 aliphatic carbocycles. The van der Waals surface area contributed by atoms with Crippen molar-refractivity contribution >= 4 is 23.5 Å². The van der Waals surface area contributed by atoms with Gasteiger partial charge in [-0.3, -0.25) is 9.79 Å². The minimum atomic E-state index is 0.115. The van der Waals surface area contributed by atoms with Gasteiger partial charge in [-0.25, -0.2) is 0 Å². The smallest absolute Gasteiger partial charge is 0.220 e. The number of guanidine groups is 1. The number of carbonyl (C=O) groups is 1. The van der Waals surface area contributed by atoms with Gasteiger partial charge < -0.3 is 20.7 Å². The maximum Gasteiger partial charge on any atom is 0.220 e. The summed E-state index contributed by atoms with van der Waals surface area (Å²) in [4.78, 5) is 15.8. The summed E-state index contributed by atoms with van der Waals surface area (Å²) < 4.78 is 5.15. The molecular formula is C17H25ClN4O2. The molecule has 1 atom stereocenters. The van der Waals surface area contributed by atoms with Crippen molar-refractivity contribution in [1.82, 2.24) is 16.0 Å². The average Bonchev–Trinajstić information content (AvgIpc) is 2.58. The van der Waals surface area contributed by atoms with Gasteiger partial charge in [-0.1, -0.05) is 17.7 Å². The summed E-state index contributed by atoms with van der Waals surface area (Å²) in [5.41, 5.74) is 1.04. The first-order chi connectivity index (χ1) is 11.6. The normalized spacial score (nSPS) is 18.0. The van der Waals surface area contributed by atoms with Crippen LogP contribution >= 0.6 is 11.6 Å². The van der Waals surface area contributed by atoms with Crippen molar-refractivity contribution < 1.29 is 9.53 Å². The number of rotatable bonds is 6. The Hall–Kier alpha value is -1.95. The summed E-state index contributed by atoms with van der Waals surface area (Å²) in [7, 11) is 1.62. The molecule has 3 N–H and O–H groups in total. The predicted molar refractivity (Wildman–Crippen MR) is 96.9 cm³/mol. The Bertz CT molecular complexity index is 582. The van der Waals surface area contributed by atoms with Gasteiger partial charge in [-0.2, -0.15) is 0 Å². The van der Waals surface area contributed by atoms with E-state index in [0.717, 1.165) is 36.7 Å². The van der Waals surface area contributed by atoms with E-state index in [2.05, 4.69) is 20.9 Å². The third kappa shape index (κ3) is 5.60. The van der Waals surface area contributed by atoms with E-state index in [9.17, 15) is 4.79 Å². The molecule has 1 aliphatic heterocycles. The zero-order chi connectivity index (χ0) is 17.4. The highest BCUT2D eigenvalue weighted by Gasteiger charge is 2.18. The van der Waals surface area contributed by atoms with Crippen LogP contribution in [-0.2, 0) is 11.2 Å². The van der Waals surface area contributed by atoms with Gasteiger partial charge in [0.2, 0.25) is 5.91 Å². The summed E-state index contributed by atoms with van der Waals surface area (Å²) in [5, 5.41) is 10.2. The molecule has 1 unspecified atom stereocenters. The molecule has 0 spiro atoms. The fourth-order valence-electron chi connectivity index (χ4n) is 2.52. The van der Waals surface area contributed by atoms with Gasteiger partial charge in [0.25, 0.3) is 0 Å². The standard InChI is InChI=1S/C17H25ClN4O2/c1-3-19-17(22-13-5-7-16(23)21-11-13)20-9-8-12-4-6-14(24-2)10-15(12)18/h4,6,10,13H,3,5,7-9,11H2,1-2H3,(H,21,23)(H2,19,20,22). The number of amides is 1. The van der Waals surface area contributed by atoms with Crippen LogP contribution in [0, 0.1) is 0 Å². The van der Waals surface area contributed by atoms with Crippen LogP contribution in [0.2, 0.25) is 5.02 Å². The number of aliphatic imine (C=N–C) groups is 1. The molecule has 1 aromatic rings. The number of methoxy groups -OCH3 is 1. The lowest BCUT2D eigenvalue weighted by Crippen LogP contribution is -2.51. The number of nitrogens with zero attached hydrogens (tertiary/aromatic N) is 1. The van der Waals surface area contributed by atoms with Crippen LogP contribution in [0.3, 0.4) is 0 Å². The molecule has 1 amide bonds. The van der Waals surface area contributed by atoms with Crippen LogP contribution < -0.4 is 20.7 Å². The molecule has 24 heavy (non-hydrogen) atoms. The van der Waals surface area contributed by atoms with Gasteiger partial charge in [0, 0.05) is 37.1 Å². The van der Waals surface area contributed by atoms with Gasteiger partial charge in [-0.05, 0) is 37.5 Å². The third-order valence-corrected chi connectivity index (χ3v) is 4.21. The van der Waals surface area contributed by atoms with E-state index >= 15 is 0 Å². The molecule has 7 heteroatoms. The van der Waals surface area contributed by atoms with Crippen LogP contribution in [0.25, 0.3) is 0 Å². The van der Waals surface area contributed by atoms with Crippen molar-refractivity contribution in [2.24, 2.45) is 4.99 Å². The largest absolute Gasteiger partial charge is 0.497 e. The molecule has 0 saturated carbocycles. The first-order valence-corrected chi connectivity index (χ1v) is 8.64. The monoisotopic (exact) mass is 352 g/mol. The summed E-state index contributed by atoms with van der Waals surface area (Å²) in [6.07, 6.45) is 2.12. The Morgan fingerprint density at radius 1 is 1.50 bits per heavy atom. The van der Waals surface area contributed by atoms with E-state index in [1.807, 2.05) is 25.1 Å². The molecular weight excluding hydrogens is 328 g/mol. The van der Waals surface area contributed by atoms with Gasteiger partial charge in [0.15, 0.2) is 5.96 Å². The summed E-state index contributed by atoms with van der Waals surface area (Å²) in [6, 6.07) is 5.90. The number of hydrogen-bond donors (Lipinski definition) is 3. The Morgan fingerprint density at radius 2 is 2.33 bits per heavy atom. The van der Waals surface area contributed by atoms with Crippen LogP contribution in [0.4, 0.5) is 0 Å². The number of hydrogen-bond acceptors (Lipinski definition) is 3. The summed E-state index contributed by atoms with van der Waals surface area (Å²) >= 11 is 6.25. The number of halogens is 1. The maximum atomic E-state index is 11.2. The lowest BCUT2D eigenvalue weighted by molar-refractivity contribution is -0.122. The minimum Gasteiger partial charge on any atom is -0.497 e. The second kappa shape index (κ2) is 9.37. The SMILES string of the molecule is CCNC(=NCCc1ccc(OC)cc1Cl)NC1CCC(=O)NC1. The Morgan fingerprint density at radius 3 is 2.96 bits per heavy atom. The van der Waals surface area contributed by atoms with Crippen molar-refractivity contribution in [1.29, 1.82) is 0 Å². The molecule has 1 aromatic carbocycles. The van der Waals surface area contributed by atoms with E-state index < -0.39 is 0 Å². The molecule has 1 aliphatic rings. The van der Waals surface area contributed by atoms with Crippen molar-refractivity contribution in [3.05, 3.63) is 28.8 Å². The molecule has 0 bridgehead atoms. The minimum absolute atomic E-state index is 0.115. The zero-order valence-corrected chi connectivity index (χ0v) is 14.9. The molecule has 1 fully saturated rings. The van der Waals surface area contributed by atoms with Crippen molar-refractivity contribution in [3.8, 4) is 5.75 Å². The number of nitrogens with one attached hydrogen (secondary N) is 3. The van der Waals surface area contributed by atoms with Crippen molar-refractivity contribution in [2.45, 2.75) is 32.2 Å². The van der Waals surface area contributed by atoms with Crippen LogP contribution in [0.5, 0.6) is 5.75 Å². The van der Waals surface area contributed by atoms with E-state index in [0.29, 0.717) is 24.5 Å². The second-order valence-electron chi connectivity index (χ2n) is 5.65. The van der Waals surface area contributed by atoms with Crippen LogP contribution in [0.1, 0.15) is 25.3 Å². The Labute approximate surface area is 148 Å². The van der Waals surface area contributed by atoms with Crippen molar-refractivity contribution in [3.63, 3.8) is 0 Å². The highest BCUT2D eigenvalue weighted by molar-refractivity contribution is 6.31. The zero-order valence-electron chi connectivity index (χ0n) is 14.2. The molecule has 0 radical (unpaired) electrons. The Balaban J connectivity index is 1.89. The Kier molecular flexibility index (Phi) is 7.18. The highest BCUT2D eigenvalue weighted by atomic mass is 35.5. The fourth-order valence-corrected chi connectivity index (χ4v) is 2.78. The number of benzene rings is 1. The maximum absolute atomic E-state index is 11.2. The second-order valence-corrected chi connectivity index (χ2v) is 6.06. The van der Waals surface area contributed by atoms with Crippen molar-refractivity contribution in [2.75, 3.05) is 26.7 Å². The van der Waals surface area contributed by atoms with Crippen LogP contribution in [-0.4, -0.2) is 44.7 Å². The molecule has 6 nitrogen and oxygen atoms in total. The van der Waals surface area contributed by atoms with E-state index in [1.54, 1.807) is 7.11 Å². The lowest BCUT2D eigenvalue weighted by Gasteiger charge is -2.25. The number of carbonyl (C=O) groups excluding carboxylic acids is 1. The van der Waals surface area contributed by atoms with E-state index in [4.69, 9.17) is 16.3 Å². The molecule has 2 rings (SSSR count). The van der Waals surface area contributed by atoms with Gasteiger partial charge >= 0.3 is 0 Å². The first-order valence-electron chi connectivity index (χ1n) is 8.26. The van der Waals surface area contributed by atoms with Crippen LogP contribution in [0.15, 0.2) is 23.2 Å². The van der Waals surface area contributed by atoms with Gasteiger partial charge in [0.1, 0.15) is 5.75 Å². The first kappa shape index (κ1) is 18.4. The van der Waals surface area contributed by atoms with Gasteiger partial charge in [-0.15, -0.1) is 0 Å². The number of ether oxygens (including phenoxy) is 1. The highest BCUT2D eigenvalue weighted by Crippen LogP contribution is 2.22. The average molecular weight is 353 g/mol. The van der Waals surface area contributed by atoms with E-state index in [-0.39, 0.29) is 11.9 Å². The molecule has 132 valence electrons. The third-order valence-electron chi connectivity index (χ3n) is 3.86. The molecule has 1 heterocycles. The quantitative estimate of drug-likeness (QED) is 0.538. The topological polar surface area (TPSA) is 74.8 Å². The predicted octanol–water partition coefficient (Wildman–Crippen LogP) is 1.72. The lowest BCUT2D eigenvalue weighted by atomic mass is 10.1. The number of piperidine rings is 1. The van der Waals surface area contributed by atoms with Gasteiger partial charge in [0.05, 0.1) is 7.11 Å².